The van der Waals surface area contributed by atoms with Gasteiger partial charge in [0.1, 0.15) is 10.3 Å². The molecule has 29 heavy (non-hydrogen) atoms. The van der Waals surface area contributed by atoms with Gasteiger partial charge in [0.2, 0.25) is 5.91 Å². The standard InChI is InChI=1S/C22H31N5OS/c28-21(26-15-13-25(14-16-26)18-5-2-1-3-6-18)17-8-11-27(12-9-17)22-24-19-7-4-10-23-20(19)29-22/h4,7,10,17-18H,1-3,5-6,8-9,11-16H2. The number of hydrogen-bond donors (Lipinski definition) is 0. The Bertz CT molecular complexity index is 800. The molecular weight excluding hydrogens is 382 g/mol. The van der Waals surface area contributed by atoms with E-state index in [1.807, 2.05) is 18.3 Å². The fourth-order valence-corrected chi connectivity index (χ4v) is 6.18. The molecule has 0 N–H and O–H groups in total. The molecular formula is C22H31N5OS. The van der Waals surface area contributed by atoms with E-state index in [4.69, 9.17) is 4.98 Å². The molecule has 5 rings (SSSR count). The van der Waals surface area contributed by atoms with Crippen LogP contribution in [0.5, 0.6) is 0 Å². The van der Waals surface area contributed by atoms with Gasteiger partial charge < -0.3 is 9.80 Å². The number of piperazine rings is 1. The molecule has 6 nitrogen and oxygen atoms in total. The van der Waals surface area contributed by atoms with Crippen molar-refractivity contribution in [2.75, 3.05) is 44.2 Å². The molecule has 0 unspecified atom stereocenters. The van der Waals surface area contributed by atoms with Crippen molar-refractivity contribution in [2.24, 2.45) is 5.92 Å². The molecule has 2 saturated heterocycles. The maximum absolute atomic E-state index is 13.1. The van der Waals surface area contributed by atoms with Crippen LogP contribution < -0.4 is 4.90 Å². The van der Waals surface area contributed by atoms with Crippen molar-refractivity contribution >= 4 is 32.7 Å². The molecule has 1 saturated carbocycles. The Kier molecular flexibility index (Phi) is 5.68. The van der Waals surface area contributed by atoms with Gasteiger partial charge in [-0.1, -0.05) is 30.6 Å². The lowest BCUT2D eigenvalue weighted by molar-refractivity contribution is -0.138. The summed E-state index contributed by atoms with van der Waals surface area (Å²) in [6.07, 6.45) is 10.6. The van der Waals surface area contributed by atoms with Gasteiger partial charge in [-0.2, -0.15) is 0 Å². The quantitative estimate of drug-likeness (QED) is 0.772. The van der Waals surface area contributed by atoms with Crippen molar-refractivity contribution in [1.29, 1.82) is 0 Å². The largest absolute Gasteiger partial charge is 0.348 e. The molecule has 0 radical (unpaired) electrons. The molecule has 0 bridgehead atoms. The SMILES string of the molecule is O=C(C1CCN(c2nc3cccnc3s2)CC1)N1CCN(C2CCCCC2)CC1. The Balaban J connectivity index is 1.12. The summed E-state index contributed by atoms with van der Waals surface area (Å²) in [6, 6.07) is 4.73. The molecule has 4 heterocycles. The zero-order chi connectivity index (χ0) is 19.6. The third-order valence-corrected chi connectivity index (χ3v) is 8.03. The highest BCUT2D eigenvalue weighted by Crippen LogP contribution is 2.31. The molecule has 2 aliphatic heterocycles. The van der Waals surface area contributed by atoms with Gasteiger partial charge in [-0.25, -0.2) is 9.97 Å². The number of carbonyl (C=O) groups excluding carboxylic acids is 1. The van der Waals surface area contributed by atoms with Crippen molar-refractivity contribution in [1.82, 2.24) is 19.8 Å². The summed E-state index contributed by atoms with van der Waals surface area (Å²) in [4.78, 5) is 30.3. The fraction of sp³-hybridized carbons (Fsp3) is 0.682. The first-order valence-corrected chi connectivity index (χ1v) is 12.1. The number of piperidine rings is 1. The number of thiazole rings is 1. The topological polar surface area (TPSA) is 52.6 Å². The molecule has 2 aromatic rings. The highest BCUT2D eigenvalue weighted by molar-refractivity contribution is 7.21. The van der Waals surface area contributed by atoms with Crippen LogP contribution >= 0.6 is 11.3 Å². The van der Waals surface area contributed by atoms with Gasteiger partial charge in [0.05, 0.1) is 0 Å². The van der Waals surface area contributed by atoms with Crippen LogP contribution in [0.15, 0.2) is 18.3 Å². The van der Waals surface area contributed by atoms with Gasteiger partial charge in [0.25, 0.3) is 0 Å². The molecule has 0 aromatic carbocycles. The normalized spacial score (nSPS) is 23.0. The van der Waals surface area contributed by atoms with Gasteiger partial charge >= 0.3 is 0 Å². The van der Waals surface area contributed by atoms with Gasteiger partial charge in [0, 0.05) is 57.4 Å². The molecule has 2 aromatic heterocycles. The third-order valence-electron chi connectivity index (χ3n) is 6.99. The van der Waals surface area contributed by atoms with Crippen LogP contribution in [0.2, 0.25) is 0 Å². The van der Waals surface area contributed by atoms with Crippen LogP contribution in [0.1, 0.15) is 44.9 Å². The van der Waals surface area contributed by atoms with E-state index in [0.717, 1.165) is 73.6 Å². The molecule has 1 aliphatic carbocycles. The summed E-state index contributed by atoms with van der Waals surface area (Å²) >= 11 is 1.66. The second kappa shape index (κ2) is 8.56. The summed E-state index contributed by atoms with van der Waals surface area (Å²) < 4.78 is 0. The van der Waals surface area contributed by atoms with Crippen molar-refractivity contribution < 1.29 is 4.79 Å². The predicted molar refractivity (Wildman–Crippen MR) is 117 cm³/mol. The Labute approximate surface area is 176 Å². The van der Waals surface area contributed by atoms with E-state index >= 15 is 0 Å². The molecule has 0 spiro atoms. The highest BCUT2D eigenvalue weighted by Gasteiger charge is 2.32. The van der Waals surface area contributed by atoms with Gasteiger partial charge in [-0.3, -0.25) is 9.69 Å². The van der Waals surface area contributed by atoms with E-state index < -0.39 is 0 Å². The zero-order valence-electron chi connectivity index (χ0n) is 17.1. The minimum Gasteiger partial charge on any atom is -0.348 e. The number of hydrogen-bond acceptors (Lipinski definition) is 6. The number of carbonyl (C=O) groups is 1. The average molecular weight is 414 g/mol. The number of fused-ring (bicyclic) bond motifs is 1. The second-order valence-electron chi connectivity index (χ2n) is 8.74. The predicted octanol–water partition coefficient (Wildman–Crippen LogP) is 3.38. The average Bonchev–Trinajstić information content (AvgIpc) is 3.24. The lowest BCUT2D eigenvalue weighted by Crippen LogP contribution is -2.54. The van der Waals surface area contributed by atoms with Crippen molar-refractivity contribution in [3.8, 4) is 0 Å². The Hall–Kier alpha value is -1.73. The highest BCUT2D eigenvalue weighted by atomic mass is 32.1. The van der Waals surface area contributed by atoms with E-state index in [2.05, 4.69) is 19.7 Å². The number of amides is 1. The van der Waals surface area contributed by atoms with Crippen molar-refractivity contribution in [3.05, 3.63) is 18.3 Å². The maximum atomic E-state index is 13.1. The van der Waals surface area contributed by atoms with Crippen LogP contribution in [0, 0.1) is 5.92 Å². The van der Waals surface area contributed by atoms with Crippen LogP contribution in [0.4, 0.5) is 5.13 Å². The molecule has 3 fully saturated rings. The van der Waals surface area contributed by atoms with E-state index in [1.165, 1.54) is 32.1 Å². The van der Waals surface area contributed by atoms with Crippen LogP contribution in [-0.2, 0) is 4.79 Å². The fourth-order valence-electron chi connectivity index (χ4n) is 5.22. The number of anilines is 1. The summed E-state index contributed by atoms with van der Waals surface area (Å²) in [5, 5.41) is 1.05. The Morgan fingerprint density at radius 1 is 0.966 bits per heavy atom. The third kappa shape index (κ3) is 4.12. The number of aromatic nitrogens is 2. The number of pyridine rings is 1. The first-order chi connectivity index (χ1) is 14.3. The molecule has 1 amide bonds. The van der Waals surface area contributed by atoms with Crippen LogP contribution in [0.25, 0.3) is 10.3 Å². The monoisotopic (exact) mass is 413 g/mol. The van der Waals surface area contributed by atoms with Crippen molar-refractivity contribution in [2.45, 2.75) is 51.0 Å². The number of nitrogens with zero attached hydrogens (tertiary/aromatic N) is 5. The van der Waals surface area contributed by atoms with E-state index in [9.17, 15) is 4.79 Å². The molecule has 3 aliphatic rings. The minimum absolute atomic E-state index is 0.181. The number of rotatable bonds is 3. The zero-order valence-corrected chi connectivity index (χ0v) is 17.9. The van der Waals surface area contributed by atoms with E-state index in [0.29, 0.717) is 5.91 Å². The lowest BCUT2D eigenvalue weighted by atomic mass is 9.93. The van der Waals surface area contributed by atoms with E-state index in [1.54, 1.807) is 11.3 Å². The maximum Gasteiger partial charge on any atom is 0.225 e. The summed E-state index contributed by atoms with van der Waals surface area (Å²) in [5.41, 5.74) is 0.974. The summed E-state index contributed by atoms with van der Waals surface area (Å²) in [5.74, 6) is 0.568. The van der Waals surface area contributed by atoms with Gasteiger partial charge in [-0.05, 0) is 37.8 Å². The van der Waals surface area contributed by atoms with Gasteiger partial charge in [0.15, 0.2) is 5.13 Å². The first kappa shape index (κ1) is 19.2. The molecule has 0 atom stereocenters. The minimum atomic E-state index is 0.181. The van der Waals surface area contributed by atoms with E-state index in [-0.39, 0.29) is 5.92 Å². The second-order valence-corrected chi connectivity index (χ2v) is 9.69. The summed E-state index contributed by atoms with van der Waals surface area (Å²) in [6.45, 7) is 5.79. The Morgan fingerprint density at radius 2 is 1.72 bits per heavy atom. The van der Waals surface area contributed by atoms with Gasteiger partial charge in [-0.15, -0.1) is 0 Å². The molecule has 156 valence electrons. The Morgan fingerprint density at radius 3 is 2.45 bits per heavy atom. The lowest BCUT2D eigenvalue weighted by Gasteiger charge is -2.42. The summed E-state index contributed by atoms with van der Waals surface area (Å²) in [7, 11) is 0. The molecule has 7 heteroatoms. The first-order valence-electron chi connectivity index (χ1n) is 11.3. The van der Waals surface area contributed by atoms with Crippen LogP contribution in [-0.4, -0.2) is 71.0 Å². The smallest absolute Gasteiger partial charge is 0.225 e. The van der Waals surface area contributed by atoms with Crippen molar-refractivity contribution in [3.63, 3.8) is 0 Å². The van der Waals surface area contributed by atoms with Crippen LogP contribution in [0.3, 0.4) is 0 Å².